The van der Waals surface area contributed by atoms with Crippen LogP contribution in [0.15, 0.2) is 78.9 Å². The highest BCUT2D eigenvalue weighted by Crippen LogP contribution is 2.37. The minimum atomic E-state index is -0.578. The molecule has 0 aromatic heterocycles. The number of alkyl halides is 2. The van der Waals surface area contributed by atoms with Crippen LogP contribution in [0.3, 0.4) is 0 Å². The van der Waals surface area contributed by atoms with E-state index in [0.29, 0.717) is 10.0 Å². The summed E-state index contributed by atoms with van der Waals surface area (Å²) in [6.45, 7) is 0.806. The van der Waals surface area contributed by atoms with Crippen molar-refractivity contribution in [3.05, 3.63) is 106 Å². The number of hydrazine groups is 1. The number of hydrogen-bond donors (Lipinski definition) is 1. The lowest BCUT2D eigenvalue weighted by Gasteiger charge is -2.20. The van der Waals surface area contributed by atoms with Gasteiger partial charge in [-0.3, -0.25) is 5.84 Å². The zero-order chi connectivity index (χ0) is 20.5. The molecule has 0 heterocycles. The predicted molar refractivity (Wildman–Crippen MR) is 122 cm³/mol. The summed E-state index contributed by atoms with van der Waals surface area (Å²) in [5.41, 5.74) is 3.14. The van der Waals surface area contributed by atoms with Gasteiger partial charge in [0.05, 0.1) is 0 Å². The van der Waals surface area contributed by atoms with E-state index in [9.17, 15) is 0 Å². The minimum Gasteiger partial charge on any atom is -0.269 e. The maximum atomic E-state index is 6.20. The second-order valence-electron chi connectivity index (χ2n) is 6.29. The van der Waals surface area contributed by atoms with Gasteiger partial charge in [0.2, 0.25) is 0 Å². The molecular weight excluding hydrogens is 434 g/mol. The quantitative estimate of drug-likeness (QED) is 0.257. The van der Waals surface area contributed by atoms with Crippen LogP contribution >= 0.6 is 46.4 Å². The highest BCUT2D eigenvalue weighted by atomic mass is 35.5. The first kappa shape index (κ1) is 23.0. The Balaban J connectivity index is 0.000000237. The second kappa shape index (κ2) is 11.7. The first-order chi connectivity index (χ1) is 13.4. The van der Waals surface area contributed by atoms with E-state index in [1.165, 1.54) is 5.56 Å². The fourth-order valence-electron chi connectivity index (χ4n) is 2.73. The average Bonchev–Trinajstić information content (AvgIpc) is 2.66. The zero-order valence-corrected chi connectivity index (χ0v) is 18.4. The van der Waals surface area contributed by atoms with Crippen molar-refractivity contribution in [2.45, 2.75) is 17.3 Å². The minimum absolute atomic E-state index is 0.167. The molecule has 0 spiro atoms. The van der Waals surface area contributed by atoms with Gasteiger partial charge in [-0.05, 0) is 34.9 Å². The Morgan fingerprint density at radius 2 is 1.39 bits per heavy atom. The Morgan fingerprint density at radius 3 is 1.93 bits per heavy atom. The molecule has 2 nitrogen and oxygen atoms in total. The van der Waals surface area contributed by atoms with Gasteiger partial charge in [-0.25, -0.2) is 5.01 Å². The molecule has 2 N–H and O–H groups in total. The highest BCUT2D eigenvalue weighted by molar-refractivity contribution is 6.45. The molecule has 1 atom stereocenters. The Bertz CT molecular complexity index is 837. The van der Waals surface area contributed by atoms with Crippen molar-refractivity contribution in [2.75, 3.05) is 7.05 Å². The summed E-state index contributed by atoms with van der Waals surface area (Å²) in [6, 6.07) is 25.2. The maximum absolute atomic E-state index is 6.20. The third-order valence-electron chi connectivity index (χ3n) is 4.00. The van der Waals surface area contributed by atoms with Gasteiger partial charge in [0.25, 0.3) is 0 Å². The van der Waals surface area contributed by atoms with Gasteiger partial charge in [-0.2, -0.15) is 0 Å². The smallest absolute Gasteiger partial charge is 0.118 e. The van der Waals surface area contributed by atoms with Crippen LogP contribution in [0.1, 0.15) is 22.6 Å². The largest absolute Gasteiger partial charge is 0.269 e. The highest BCUT2D eigenvalue weighted by Gasteiger charge is 2.23. The summed E-state index contributed by atoms with van der Waals surface area (Å²) in [4.78, 5) is -0.578. The summed E-state index contributed by atoms with van der Waals surface area (Å²) in [5, 5.41) is 3.00. The molecule has 3 aromatic rings. The van der Waals surface area contributed by atoms with Crippen LogP contribution in [0.4, 0.5) is 0 Å². The van der Waals surface area contributed by atoms with Crippen molar-refractivity contribution in [1.29, 1.82) is 0 Å². The van der Waals surface area contributed by atoms with Crippen LogP contribution in [0.25, 0.3) is 0 Å². The summed E-state index contributed by atoms with van der Waals surface area (Å²) in [6.07, 6.45) is 0. The fourth-order valence-corrected chi connectivity index (χ4v) is 3.67. The van der Waals surface area contributed by atoms with Gasteiger partial charge in [0.15, 0.2) is 0 Å². The standard InChI is InChI=1S/C14H10Cl4.C8H12N2/c15-10-7-5-9(6-8-10)13(14(17)18)11-3-1-2-4-12(11)16;1-10(9)7-8-5-3-2-4-6-8/h1-8,13-14H;2-6H,7,9H2,1H3. The monoisotopic (exact) mass is 454 g/mol. The van der Waals surface area contributed by atoms with E-state index in [-0.39, 0.29) is 5.92 Å². The van der Waals surface area contributed by atoms with Gasteiger partial charge >= 0.3 is 0 Å². The van der Waals surface area contributed by atoms with Crippen molar-refractivity contribution >= 4 is 46.4 Å². The molecule has 3 rings (SSSR count). The lowest BCUT2D eigenvalue weighted by atomic mass is 9.93. The fraction of sp³-hybridized carbons (Fsp3) is 0.182. The molecule has 3 aromatic carbocycles. The lowest BCUT2D eigenvalue weighted by molar-refractivity contribution is 0.341. The van der Waals surface area contributed by atoms with Crippen LogP contribution in [-0.4, -0.2) is 16.9 Å². The summed E-state index contributed by atoms with van der Waals surface area (Å²) < 4.78 is 0. The Morgan fingerprint density at radius 1 is 0.821 bits per heavy atom. The van der Waals surface area contributed by atoms with E-state index in [1.807, 2.05) is 73.8 Å². The van der Waals surface area contributed by atoms with E-state index in [0.717, 1.165) is 17.7 Å². The number of nitrogens with two attached hydrogens (primary N) is 1. The lowest BCUT2D eigenvalue weighted by Crippen LogP contribution is -2.24. The van der Waals surface area contributed by atoms with Crippen LogP contribution in [0.5, 0.6) is 0 Å². The Labute approximate surface area is 186 Å². The second-order valence-corrected chi connectivity index (χ2v) is 8.29. The SMILES string of the molecule is CN(N)Cc1ccccc1.Clc1ccc(C(c2ccccc2Cl)C(Cl)Cl)cc1. The maximum Gasteiger partial charge on any atom is 0.118 e. The van der Waals surface area contributed by atoms with Crippen LogP contribution in [0.2, 0.25) is 10.0 Å². The van der Waals surface area contributed by atoms with Gasteiger partial charge in [-0.1, -0.05) is 83.9 Å². The Kier molecular flexibility index (Phi) is 9.60. The predicted octanol–water partition coefficient (Wildman–Crippen LogP) is 6.92. The van der Waals surface area contributed by atoms with Gasteiger partial charge in [0.1, 0.15) is 4.84 Å². The van der Waals surface area contributed by atoms with E-state index in [4.69, 9.17) is 52.2 Å². The molecule has 0 radical (unpaired) electrons. The Hall–Kier alpha value is -1.26. The summed E-state index contributed by atoms with van der Waals surface area (Å²) >= 11 is 24.3. The van der Waals surface area contributed by atoms with Crippen LogP contribution < -0.4 is 5.84 Å². The normalized spacial score (nSPS) is 11.9. The number of hydrogen-bond acceptors (Lipinski definition) is 2. The molecule has 0 aliphatic carbocycles. The summed E-state index contributed by atoms with van der Waals surface area (Å²) in [5.74, 6) is 5.29. The number of nitrogens with zero attached hydrogens (tertiary/aromatic N) is 1. The van der Waals surface area contributed by atoms with Crippen LogP contribution in [-0.2, 0) is 6.54 Å². The zero-order valence-electron chi connectivity index (χ0n) is 15.4. The molecule has 0 amide bonds. The third kappa shape index (κ3) is 7.29. The molecule has 148 valence electrons. The molecule has 28 heavy (non-hydrogen) atoms. The molecular formula is C22H22Cl4N2. The molecule has 0 bridgehead atoms. The van der Waals surface area contributed by atoms with Crippen molar-refractivity contribution < 1.29 is 0 Å². The van der Waals surface area contributed by atoms with Crippen molar-refractivity contribution in [3.63, 3.8) is 0 Å². The molecule has 0 saturated heterocycles. The molecule has 1 unspecified atom stereocenters. The molecule has 0 saturated carbocycles. The molecule has 6 heteroatoms. The van der Waals surface area contributed by atoms with Gasteiger partial charge in [-0.15, -0.1) is 23.2 Å². The van der Waals surface area contributed by atoms with E-state index in [2.05, 4.69) is 12.1 Å². The first-order valence-electron chi connectivity index (χ1n) is 8.66. The van der Waals surface area contributed by atoms with Crippen LogP contribution in [0, 0.1) is 0 Å². The first-order valence-corrected chi connectivity index (χ1v) is 10.3. The molecule has 0 aliphatic rings. The van der Waals surface area contributed by atoms with Gasteiger partial charge < -0.3 is 0 Å². The van der Waals surface area contributed by atoms with E-state index >= 15 is 0 Å². The van der Waals surface area contributed by atoms with E-state index < -0.39 is 4.84 Å². The van der Waals surface area contributed by atoms with Crippen molar-refractivity contribution in [2.24, 2.45) is 5.84 Å². The number of rotatable bonds is 5. The van der Waals surface area contributed by atoms with Crippen molar-refractivity contribution in [3.8, 4) is 0 Å². The topological polar surface area (TPSA) is 29.3 Å². The number of benzene rings is 3. The summed E-state index contributed by atoms with van der Waals surface area (Å²) in [7, 11) is 1.85. The third-order valence-corrected chi connectivity index (χ3v) is 5.10. The van der Waals surface area contributed by atoms with Crippen molar-refractivity contribution in [1.82, 2.24) is 5.01 Å². The molecule has 0 aliphatic heterocycles. The average molecular weight is 456 g/mol. The van der Waals surface area contributed by atoms with E-state index in [1.54, 1.807) is 5.01 Å². The molecule has 0 fully saturated rings. The number of halogens is 4. The van der Waals surface area contributed by atoms with Gasteiger partial charge in [0, 0.05) is 29.6 Å².